The van der Waals surface area contributed by atoms with Crippen LogP contribution >= 0.6 is 0 Å². The van der Waals surface area contributed by atoms with Crippen molar-refractivity contribution in [1.82, 2.24) is 0 Å². The molecular weight excluding hydrogens is 556 g/mol. The van der Waals surface area contributed by atoms with E-state index in [2.05, 4.69) is 6.07 Å². The minimum Gasteiger partial charge on any atom is -0.456 e. The van der Waals surface area contributed by atoms with Crippen molar-refractivity contribution in [2.75, 3.05) is 0 Å². The maximum atomic E-state index is 9.25. The van der Waals surface area contributed by atoms with Gasteiger partial charge in [0.2, 0.25) is 0 Å². The van der Waals surface area contributed by atoms with E-state index in [1.807, 2.05) is 66.7 Å². The van der Waals surface area contributed by atoms with Crippen LogP contribution < -0.4 is 0 Å². The molecule has 0 aliphatic carbocycles. The molecule has 216 valence electrons. The average molecular weight is 600 g/mol. The summed E-state index contributed by atoms with van der Waals surface area (Å²) in [6, 6.07) is 21.9. The number of rotatable bonds is 5. The molecule has 0 N–H and O–H groups in total. The lowest BCUT2D eigenvalue weighted by Crippen LogP contribution is -1.95. The molecule has 9 rings (SSSR count). The first kappa shape index (κ1) is 16.4. The smallest absolute Gasteiger partial charge is 0.136 e. The molecule has 1 heteroatoms. The van der Waals surface area contributed by atoms with Gasteiger partial charge in [-0.15, -0.1) is 0 Å². The van der Waals surface area contributed by atoms with Gasteiger partial charge in [0.1, 0.15) is 11.2 Å². The van der Waals surface area contributed by atoms with Crippen LogP contribution in [0.3, 0.4) is 0 Å². The summed E-state index contributed by atoms with van der Waals surface area (Å²) in [5.41, 5.74) is 5.23. The first-order chi connectivity index (χ1) is 28.2. The molecule has 9 aromatic rings. The third-order valence-corrected chi connectivity index (χ3v) is 8.45. The largest absolute Gasteiger partial charge is 0.456 e. The van der Waals surface area contributed by atoms with Gasteiger partial charge in [-0.1, -0.05) is 139 Å². The number of benzene rings is 8. The Bertz CT molecular complexity index is 3170. The number of fused-ring (bicyclic) bond motifs is 5. The van der Waals surface area contributed by atoms with Gasteiger partial charge in [0.25, 0.3) is 0 Å². The highest BCUT2D eigenvalue weighted by atomic mass is 16.3. The zero-order chi connectivity index (χ0) is 41.8. The molecule has 0 aliphatic heterocycles. The fraction of sp³-hybridized carbons (Fsp3) is 0.0222. The maximum absolute atomic E-state index is 9.25. The van der Waals surface area contributed by atoms with E-state index in [-0.39, 0.29) is 38.2 Å². The second-order valence-electron chi connectivity index (χ2n) is 11.1. The highest BCUT2D eigenvalue weighted by Crippen LogP contribution is 2.42. The van der Waals surface area contributed by atoms with Gasteiger partial charge in [-0.2, -0.15) is 0 Å². The van der Waals surface area contributed by atoms with Gasteiger partial charge in [0.15, 0.2) is 0 Å². The standard InChI is InChI=1S/C45H30O/c1-3-12-30(13-4-1)26-42-36-18-7-9-20-40(36)45(41-21-10-8-19-37(41)42)35-17-11-16-32(27-35)34-23-25-39-38-24-22-33(31-14-5-2-6-15-31)28-43(38)46-44(39)29-34/h1-25,27-29H,26H2/i1D,3D,4D,7D,8D,9D,10D,12D,13D,18D,19D,20D,21D. The molecule has 0 radical (unpaired) electrons. The topological polar surface area (TPSA) is 13.1 Å². The molecule has 1 heterocycles. The fourth-order valence-electron chi connectivity index (χ4n) is 6.33. The Morgan fingerprint density at radius 3 is 1.59 bits per heavy atom. The Hall–Kier alpha value is -5.92. The molecule has 0 unspecified atom stereocenters. The van der Waals surface area contributed by atoms with Crippen molar-refractivity contribution in [1.29, 1.82) is 0 Å². The van der Waals surface area contributed by atoms with E-state index in [9.17, 15) is 5.48 Å². The summed E-state index contributed by atoms with van der Waals surface area (Å²) in [4.78, 5) is 0. The average Bonchev–Trinajstić information content (AvgIpc) is 3.63. The Kier molecular flexibility index (Phi) is 3.89. The van der Waals surface area contributed by atoms with Crippen molar-refractivity contribution >= 4 is 43.5 Å². The number of furan rings is 1. The first-order valence-corrected chi connectivity index (χ1v) is 14.8. The number of hydrogen-bond acceptors (Lipinski definition) is 1. The van der Waals surface area contributed by atoms with Gasteiger partial charge in [0.05, 0.1) is 17.8 Å². The molecule has 0 saturated heterocycles. The summed E-state index contributed by atoms with van der Waals surface area (Å²) in [5.74, 6) is 0. The zero-order valence-electron chi connectivity index (χ0n) is 37.3. The minimum atomic E-state index is -0.616. The van der Waals surface area contributed by atoms with Gasteiger partial charge >= 0.3 is 0 Å². The van der Waals surface area contributed by atoms with Crippen molar-refractivity contribution in [3.8, 4) is 33.4 Å². The van der Waals surface area contributed by atoms with E-state index in [0.29, 0.717) is 16.7 Å². The third kappa shape index (κ3) is 4.48. The molecule has 1 aromatic heterocycles. The van der Waals surface area contributed by atoms with E-state index >= 15 is 0 Å². The molecule has 1 nitrogen and oxygen atoms in total. The van der Waals surface area contributed by atoms with Gasteiger partial charge < -0.3 is 4.42 Å². The molecule has 0 spiro atoms. The summed E-state index contributed by atoms with van der Waals surface area (Å²) in [6.45, 7) is 0. The minimum absolute atomic E-state index is 0.0156. The van der Waals surface area contributed by atoms with Gasteiger partial charge in [-0.25, -0.2) is 0 Å². The molecule has 0 fully saturated rings. The summed E-state index contributed by atoms with van der Waals surface area (Å²) in [6.07, 6.45) is -0.488. The van der Waals surface area contributed by atoms with Crippen LogP contribution in [0.15, 0.2) is 174 Å². The van der Waals surface area contributed by atoms with Crippen molar-refractivity contribution in [3.63, 3.8) is 0 Å². The van der Waals surface area contributed by atoms with Crippen LogP contribution in [0.5, 0.6) is 0 Å². The predicted octanol–water partition coefficient (Wildman–Crippen LogP) is 12.5. The van der Waals surface area contributed by atoms with E-state index in [1.54, 1.807) is 18.2 Å². The molecule has 0 atom stereocenters. The Morgan fingerprint density at radius 1 is 0.413 bits per heavy atom. The highest BCUT2D eigenvalue weighted by Gasteiger charge is 2.16. The van der Waals surface area contributed by atoms with E-state index in [4.69, 9.17) is 16.8 Å². The van der Waals surface area contributed by atoms with Crippen LogP contribution in [-0.4, -0.2) is 0 Å². The van der Waals surface area contributed by atoms with E-state index in [1.165, 1.54) is 0 Å². The van der Waals surface area contributed by atoms with Crippen molar-refractivity contribution in [3.05, 3.63) is 181 Å². The molecule has 0 amide bonds. The quantitative estimate of drug-likeness (QED) is 0.179. The van der Waals surface area contributed by atoms with Crippen molar-refractivity contribution < 1.29 is 22.2 Å². The highest BCUT2D eigenvalue weighted by molar-refractivity contribution is 6.15. The lowest BCUT2D eigenvalue weighted by molar-refractivity contribution is 0.669. The molecule has 8 aromatic carbocycles. The Morgan fingerprint density at radius 2 is 0.935 bits per heavy atom. The molecule has 46 heavy (non-hydrogen) atoms. The van der Waals surface area contributed by atoms with Crippen LogP contribution in [0.25, 0.3) is 76.9 Å². The molecule has 0 saturated carbocycles. The second-order valence-corrected chi connectivity index (χ2v) is 11.1. The second kappa shape index (κ2) is 10.9. The van der Waals surface area contributed by atoms with Crippen LogP contribution in [0.2, 0.25) is 0 Å². The van der Waals surface area contributed by atoms with Crippen LogP contribution in [0.1, 0.15) is 28.9 Å². The van der Waals surface area contributed by atoms with Crippen molar-refractivity contribution in [2.45, 2.75) is 6.42 Å². The maximum Gasteiger partial charge on any atom is 0.136 e. The zero-order valence-corrected chi connectivity index (χ0v) is 24.3. The van der Waals surface area contributed by atoms with E-state index in [0.717, 1.165) is 33.0 Å². The lowest BCUT2D eigenvalue weighted by atomic mass is 9.86. The Labute approximate surface area is 286 Å². The van der Waals surface area contributed by atoms with Gasteiger partial charge in [-0.3, -0.25) is 0 Å². The van der Waals surface area contributed by atoms with Crippen LogP contribution in [0.4, 0.5) is 0 Å². The fourth-order valence-corrected chi connectivity index (χ4v) is 6.33. The van der Waals surface area contributed by atoms with Gasteiger partial charge in [0, 0.05) is 10.8 Å². The predicted molar refractivity (Wildman–Crippen MR) is 194 cm³/mol. The summed E-state index contributed by atoms with van der Waals surface area (Å²) >= 11 is 0. The first-order valence-electron chi connectivity index (χ1n) is 21.3. The SMILES string of the molecule is [2H]c1c([2H])c([2H])c(Cc2c3c([2H])c([2H])c([2H])c([2H])c3c(-c3cccc(-c4ccc5c(c4)oc4cc(-c6ccccc6)ccc45)c3)c3c([2H])c([2H])c([2H])c([2H])c23)c([2H])c1[2H]. The molecular formula is C45H30O. The van der Waals surface area contributed by atoms with Crippen LogP contribution in [0, 0.1) is 0 Å². The lowest BCUT2D eigenvalue weighted by Gasteiger charge is -2.18. The number of hydrogen-bond donors (Lipinski definition) is 0. The van der Waals surface area contributed by atoms with E-state index < -0.39 is 85.0 Å². The van der Waals surface area contributed by atoms with Crippen molar-refractivity contribution in [2.24, 2.45) is 0 Å². The monoisotopic (exact) mass is 599 g/mol. The molecule has 0 aliphatic rings. The molecule has 0 bridgehead atoms. The summed E-state index contributed by atoms with van der Waals surface area (Å²) in [7, 11) is 0. The third-order valence-electron chi connectivity index (χ3n) is 8.45. The van der Waals surface area contributed by atoms with Crippen LogP contribution in [-0.2, 0) is 6.42 Å². The summed E-state index contributed by atoms with van der Waals surface area (Å²) in [5, 5.41) is 1.63. The van der Waals surface area contributed by atoms with Gasteiger partial charge in [-0.05, 0) is 103 Å². The normalized spacial score (nSPS) is 15.5. The summed E-state index contributed by atoms with van der Waals surface area (Å²) < 4.78 is 120. The Balaban J connectivity index is 1.32.